The molecule has 19 heavy (non-hydrogen) atoms. The Hall–Kier alpha value is -1.49. The van der Waals surface area contributed by atoms with Crippen LogP contribution in [0.3, 0.4) is 0 Å². The minimum Gasteiger partial charge on any atom is -0.481 e. The molecule has 0 saturated carbocycles. The van der Waals surface area contributed by atoms with Crippen LogP contribution in [0.5, 0.6) is 0 Å². The van der Waals surface area contributed by atoms with E-state index >= 15 is 0 Å². The summed E-state index contributed by atoms with van der Waals surface area (Å²) in [5, 5.41) is 8.90. The van der Waals surface area contributed by atoms with Crippen LogP contribution in [0.4, 0.5) is 0 Å². The Balaban J connectivity index is 2.20. The van der Waals surface area contributed by atoms with Gasteiger partial charge in [0, 0.05) is 17.5 Å². The fraction of sp³-hybridized carbons (Fsp3) is 0.429. The third-order valence-electron chi connectivity index (χ3n) is 3.39. The molecule has 1 aromatic carbocycles. The van der Waals surface area contributed by atoms with E-state index in [0.717, 1.165) is 17.7 Å². The normalized spacial score (nSPS) is 18.6. The summed E-state index contributed by atoms with van der Waals surface area (Å²) >= 11 is 1.53. The lowest BCUT2D eigenvalue weighted by Gasteiger charge is -2.24. The first-order valence-corrected chi connectivity index (χ1v) is 7.51. The standard InChI is InChI=1S/C14H17NO3S/c1-19-12-7-3-2-6-11(12)14(18)15-8-4-5-10(15)9-13(16)17/h2-3,6-7,10H,4-5,8-9H2,1H3,(H,16,17). The van der Waals surface area contributed by atoms with Crippen molar-refractivity contribution in [2.75, 3.05) is 12.8 Å². The summed E-state index contributed by atoms with van der Waals surface area (Å²) in [6.07, 6.45) is 3.63. The largest absolute Gasteiger partial charge is 0.481 e. The van der Waals surface area contributed by atoms with Gasteiger partial charge in [-0.05, 0) is 31.2 Å². The number of rotatable bonds is 4. The van der Waals surface area contributed by atoms with E-state index in [-0.39, 0.29) is 18.4 Å². The molecule has 4 nitrogen and oxygen atoms in total. The summed E-state index contributed by atoms with van der Waals surface area (Å²) < 4.78 is 0. The number of aliphatic carboxylic acids is 1. The number of carboxylic acids is 1. The number of carbonyl (C=O) groups excluding carboxylic acids is 1. The Bertz CT molecular complexity index is 489. The number of nitrogens with zero attached hydrogens (tertiary/aromatic N) is 1. The van der Waals surface area contributed by atoms with E-state index in [4.69, 9.17) is 5.11 Å². The number of hydrogen-bond donors (Lipinski definition) is 1. The Morgan fingerprint density at radius 2 is 2.16 bits per heavy atom. The molecule has 1 N–H and O–H groups in total. The van der Waals surface area contributed by atoms with Crippen LogP contribution in [-0.2, 0) is 4.79 Å². The number of hydrogen-bond acceptors (Lipinski definition) is 3. The second-order valence-electron chi connectivity index (χ2n) is 4.59. The minimum atomic E-state index is -0.845. The second-order valence-corrected chi connectivity index (χ2v) is 5.44. The van der Waals surface area contributed by atoms with E-state index in [2.05, 4.69) is 0 Å². The minimum absolute atomic E-state index is 0.0349. The Morgan fingerprint density at radius 3 is 2.84 bits per heavy atom. The third-order valence-corrected chi connectivity index (χ3v) is 4.18. The summed E-state index contributed by atoms with van der Waals surface area (Å²) in [4.78, 5) is 26.0. The maximum atomic E-state index is 12.5. The molecule has 1 aliphatic rings. The number of likely N-dealkylation sites (tertiary alicyclic amines) is 1. The van der Waals surface area contributed by atoms with Crippen LogP contribution in [0.2, 0.25) is 0 Å². The SMILES string of the molecule is CSc1ccccc1C(=O)N1CCCC1CC(=O)O. The van der Waals surface area contributed by atoms with E-state index in [0.29, 0.717) is 12.1 Å². The zero-order valence-electron chi connectivity index (χ0n) is 10.8. The number of carbonyl (C=O) groups is 2. The third kappa shape index (κ3) is 3.10. The number of thioether (sulfide) groups is 1. The van der Waals surface area contributed by atoms with Crippen molar-refractivity contribution in [1.82, 2.24) is 4.90 Å². The second kappa shape index (κ2) is 6.10. The lowest BCUT2D eigenvalue weighted by molar-refractivity contribution is -0.137. The topological polar surface area (TPSA) is 57.6 Å². The zero-order chi connectivity index (χ0) is 13.8. The molecule has 1 fully saturated rings. The predicted molar refractivity (Wildman–Crippen MR) is 74.5 cm³/mol. The Morgan fingerprint density at radius 1 is 1.42 bits per heavy atom. The fourth-order valence-corrected chi connectivity index (χ4v) is 3.08. The van der Waals surface area contributed by atoms with Gasteiger partial charge >= 0.3 is 5.97 Å². The van der Waals surface area contributed by atoms with Gasteiger partial charge in [-0.2, -0.15) is 0 Å². The van der Waals surface area contributed by atoms with E-state index < -0.39 is 5.97 Å². The molecule has 5 heteroatoms. The van der Waals surface area contributed by atoms with Gasteiger partial charge in [-0.3, -0.25) is 9.59 Å². The van der Waals surface area contributed by atoms with Gasteiger partial charge in [-0.25, -0.2) is 0 Å². The first-order chi connectivity index (χ1) is 9.13. The average Bonchev–Trinajstić information content (AvgIpc) is 2.85. The lowest BCUT2D eigenvalue weighted by atomic mass is 10.1. The molecule has 1 heterocycles. The van der Waals surface area contributed by atoms with Crippen molar-refractivity contribution in [3.05, 3.63) is 29.8 Å². The van der Waals surface area contributed by atoms with Gasteiger partial charge in [0.25, 0.3) is 5.91 Å². The van der Waals surface area contributed by atoms with E-state index in [1.807, 2.05) is 30.5 Å². The monoisotopic (exact) mass is 279 g/mol. The maximum Gasteiger partial charge on any atom is 0.305 e. The van der Waals surface area contributed by atoms with Crippen molar-refractivity contribution in [3.63, 3.8) is 0 Å². The molecule has 0 aliphatic carbocycles. The molecule has 102 valence electrons. The summed E-state index contributed by atoms with van der Waals surface area (Å²) in [7, 11) is 0. The van der Waals surface area contributed by atoms with Gasteiger partial charge in [0.05, 0.1) is 12.0 Å². The highest BCUT2D eigenvalue weighted by Gasteiger charge is 2.31. The van der Waals surface area contributed by atoms with Crippen molar-refractivity contribution >= 4 is 23.6 Å². The molecule has 1 atom stereocenters. The molecule has 0 aromatic heterocycles. The molecular formula is C14H17NO3S. The van der Waals surface area contributed by atoms with Gasteiger partial charge in [0.2, 0.25) is 0 Å². The van der Waals surface area contributed by atoms with Gasteiger partial charge in [-0.15, -0.1) is 11.8 Å². The van der Waals surface area contributed by atoms with E-state index in [1.54, 1.807) is 4.90 Å². The Labute approximate surface area is 116 Å². The average molecular weight is 279 g/mol. The lowest BCUT2D eigenvalue weighted by Crippen LogP contribution is -2.37. The first-order valence-electron chi connectivity index (χ1n) is 6.29. The number of amides is 1. The molecule has 1 unspecified atom stereocenters. The van der Waals surface area contributed by atoms with Gasteiger partial charge in [-0.1, -0.05) is 12.1 Å². The van der Waals surface area contributed by atoms with Gasteiger partial charge < -0.3 is 10.0 Å². The predicted octanol–water partition coefficient (Wildman–Crippen LogP) is 2.49. The number of carboxylic acid groups (broad SMARTS) is 1. The summed E-state index contributed by atoms with van der Waals surface area (Å²) in [5.74, 6) is -0.892. The number of benzene rings is 1. The molecule has 1 aliphatic heterocycles. The highest BCUT2D eigenvalue weighted by molar-refractivity contribution is 7.98. The fourth-order valence-electron chi connectivity index (χ4n) is 2.49. The van der Waals surface area contributed by atoms with Crippen molar-refractivity contribution in [2.45, 2.75) is 30.2 Å². The van der Waals surface area contributed by atoms with E-state index in [9.17, 15) is 9.59 Å². The van der Waals surface area contributed by atoms with Crippen LogP contribution in [0.25, 0.3) is 0 Å². The molecule has 1 amide bonds. The molecule has 1 saturated heterocycles. The van der Waals surface area contributed by atoms with Crippen LogP contribution in [-0.4, -0.2) is 40.7 Å². The van der Waals surface area contributed by atoms with Gasteiger partial charge in [0.15, 0.2) is 0 Å². The smallest absolute Gasteiger partial charge is 0.305 e. The van der Waals surface area contributed by atoms with Crippen LogP contribution in [0.1, 0.15) is 29.6 Å². The van der Waals surface area contributed by atoms with Crippen molar-refractivity contribution in [1.29, 1.82) is 0 Å². The summed E-state index contributed by atoms with van der Waals surface area (Å²) in [6.45, 7) is 0.652. The molecule has 0 radical (unpaired) electrons. The summed E-state index contributed by atoms with van der Waals surface area (Å²) in [5.41, 5.74) is 0.673. The quantitative estimate of drug-likeness (QED) is 0.860. The molecule has 1 aromatic rings. The molecule has 2 rings (SSSR count). The highest BCUT2D eigenvalue weighted by atomic mass is 32.2. The first kappa shape index (κ1) is 13.9. The van der Waals surface area contributed by atoms with Crippen molar-refractivity contribution < 1.29 is 14.7 Å². The Kier molecular flexibility index (Phi) is 4.47. The van der Waals surface area contributed by atoms with Crippen LogP contribution >= 0.6 is 11.8 Å². The van der Waals surface area contributed by atoms with Crippen LogP contribution < -0.4 is 0 Å². The highest BCUT2D eigenvalue weighted by Crippen LogP contribution is 2.26. The molecule has 0 bridgehead atoms. The van der Waals surface area contributed by atoms with Crippen molar-refractivity contribution in [2.24, 2.45) is 0 Å². The van der Waals surface area contributed by atoms with Gasteiger partial charge in [0.1, 0.15) is 0 Å². The molecular weight excluding hydrogens is 262 g/mol. The van der Waals surface area contributed by atoms with Crippen LogP contribution in [0, 0.1) is 0 Å². The zero-order valence-corrected chi connectivity index (χ0v) is 11.7. The van der Waals surface area contributed by atoms with Crippen molar-refractivity contribution in [3.8, 4) is 0 Å². The van der Waals surface area contributed by atoms with Crippen LogP contribution in [0.15, 0.2) is 29.2 Å². The molecule has 0 spiro atoms. The maximum absolute atomic E-state index is 12.5. The van der Waals surface area contributed by atoms with E-state index in [1.165, 1.54) is 11.8 Å². The summed E-state index contributed by atoms with van der Waals surface area (Å²) in [6, 6.07) is 7.31.